The highest BCUT2D eigenvalue weighted by Crippen LogP contribution is 2.17. The maximum absolute atomic E-state index is 3.65. The van der Waals surface area contributed by atoms with Crippen LogP contribution in [0.15, 0.2) is 12.1 Å². The summed E-state index contributed by atoms with van der Waals surface area (Å²) >= 11 is 1.94. The average molecular weight is 266 g/mol. The van der Waals surface area contributed by atoms with Crippen LogP contribution in [0.1, 0.15) is 49.3 Å². The third kappa shape index (κ3) is 4.38. The summed E-state index contributed by atoms with van der Waals surface area (Å²) in [5, 5.41) is 7.28. The van der Waals surface area contributed by atoms with Crippen molar-refractivity contribution in [1.82, 2.24) is 10.6 Å². The third-order valence-electron chi connectivity index (χ3n) is 3.74. The van der Waals surface area contributed by atoms with Gasteiger partial charge in [0.2, 0.25) is 0 Å². The normalized spacial score (nSPS) is 22.0. The van der Waals surface area contributed by atoms with Crippen molar-refractivity contribution in [2.75, 3.05) is 6.54 Å². The van der Waals surface area contributed by atoms with Gasteiger partial charge in [0.15, 0.2) is 0 Å². The molecule has 2 N–H and O–H groups in total. The van der Waals surface area contributed by atoms with E-state index in [1.807, 2.05) is 11.3 Å². The van der Waals surface area contributed by atoms with E-state index in [1.54, 1.807) is 0 Å². The predicted molar refractivity (Wildman–Crippen MR) is 80.3 cm³/mol. The van der Waals surface area contributed by atoms with Gasteiger partial charge in [0.25, 0.3) is 0 Å². The largest absolute Gasteiger partial charge is 0.314 e. The molecule has 1 fully saturated rings. The van der Waals surface area contributed by atoms with Crippen molar-refractivity contribution in [3.05, 3.63) is 21.9 Å². The Hall–Kier alpha value is -0.380. The minimum atomic E-state index is 0.604. The molecular formula is C15H26N2S. The average Bonchev–Trinajstić information content (AvgIpc) is 2.85. The smallest absolute Gasteiger partial charge is 0.0302 e. The number of hydrogen-bond acceptors (Lipinski definition) is 3. The van der Waals surface area contributed by atoms with Crippen LogP contribution in [0, 0.1) is 0 Å². The van der Waals surface area contributed by atoms with E-state index in [0.29, 0.717) is 6.04 Å². The van der Waals surface area contributed by atoms with E-state index in [-0.39, 0.29) is 0 Å². The molecule has 0 saturated carbocycles. The summed E-state index contributed by atoms with van der Waals surface area (Å²) in [6.07, 6.45) is 6.52. The Morgan fingerprint density at radius 2 is 2.22 bits per heavy atom. The minimum absolute atomic E-state index is 0.604. The highest BCUT2D eigenvalue weighted by atomic mass is 32.1. The summed E-state index contributed by atoms with van der Waals surface area (Å²) in [7, 11) is 0. The molecule has 2 unspecified atom stereocenters. The van der Waals surface area contributed by atoms with Gasteiger partial charge in [-0.15, -0.1) is 11.3 Å². The van der Waals surface area contributed by atoms with Crippen LogP contribution < -0.4 is 10.6 Å². The van der Waals surface area contributed by atoms with Gasteiger partial charge in [-0.2, -0.15) is 0 Å². The van der Waals surface area contributed by atoms with Gasteiger partial charge in [-0.3, -0.25) is 0 Å². The van der Waals surface area contributed by atoms with Crippen molar-refractivity contribution in [2.45, 2.75) is 64.6 Å². The Morgan fingerprint density at radius 3 is 2.89 bits per heavy atom. The van der Waals surface area contributed by atoms with Crippen LogP contribution in [0.25, 0.3) is 0 Å². The van der Waals surface area contributed by atoms with Crippen molar-refractivity contribution in [3.63, 3.8) is 0 Å². The Balaban J connectivity index is 1.68. The van der Waals surface area contributed by atoms with Gasteiger partial charge in [-0.1, -0.05) is 13.3 Å². The van der Waals surface area contributed by atoms with Crippen LogP contribution >= 0.6 is 11.3 Å². The Labute approximate surface area is 115 Å². The molecule has 0 radical (unpaired) electrons. The second-order valence-corrected chi connectivity index (χ2v) is 6.64. The van der Waals surface area contributed by atoms with E-state index >= 15 is 0 Å². The number of aryl methyl sites for hydroxylation is 1. The lowest BCUT2D eigenvalue weighted by molar-refractivity contribution is 0.345. The third-order valence-corrected chi connectivity index (χ3v) is 4.97. The maximum Gasteiger partial charge on any atom is 0.0302 e. The molecule has 102 valence electrons. The molecular weight excluding hydrogens is 240 g/mol. The second-order valence-electron chi connectivity index (χ2n) is 5.39. The minimum Gasteiger partial charge on any atom is -0.314 e. The first-order chi connectivity index (χ1) is 8.78. The molecule has 1 aromatic heterocycles. The van der Waals surface area contributed by atoms with Crippen molar-refractivity contribution in [2.24, 2.45) is 0 Å². The summed E-state index contributed by atoms with van der Waals surface area (Å²) in [5.41, 5.74) is 0. The van der Waals surface area contributed by atoms with Crippen LogP contribution in [0.5, 0.6) is 0 Å². The first kappa shape index (κ1) is 14.0. The SMILES string of the molecule is CCc1ccc(CNC(C)CC2CCCCN2)s1. The fourth-order valence-corrected chi connectivity index (χ4v) is 3.53. The van der Waals surface area contributed by atoms with Gasteiger partial charge < -0.3 is 10.6 Å². The van der Waals surface area contributed by atoms with Crippen LogP contribution in [0.3, 0.4) is 0 Å². The first-order valence-electron chi connectivity index (χ1n) is 7.32. The molecule has 0 aromatic carbocycles. The van der Waals surface area contributed by atoms with E-state index in [0.717, 1.165) is 19.0 Å². The summed E-state index contributed by atoms with van der Waals surface area (Å²) < 4.78 is 0. The standard InChI is InChI=1S/C15H26N2S/c1-3-14-7-8-15(18-14)11-17-12(2)10-13-6-4-5-9-16-13/h7-8,12-13,16-17H,3-6,9-11H2,1-2H3. The summed E-state index contributed by atoms with van der Waals surface area (Å²) in [5.74, 6) is 0. The van der Waals surface area contributed by atoms with Crippen molar-refractivity contribution in [1.29, 1.82) is 0 Å². The van der Waals surface area contributed by atoms with Gasteiger partial charge in [0.1, 0.15) is 0 Å². The second kappa shape index (κ2) is 7.27. The van der Waals surface area contributed by atoms with Gasteiger partial charge in [-0.05, 0) is 51.3 Å². The Morgan fingerprint density at radius 1 is 1.39 bits per heavy atom. The molecule has 2 atom stereocenters. The number of nitrogens with one attached hydrogen (secondary N) is 2. The van der Waals surface area contributed by atoms with Crippen LogP contribution in [-0.2, 0) is 13.0 Å². The molecule has 1 aromatic rings. The molecule has 0 amide bonds. The first-order valence-corrected chi connectivity index (χ1v) is 8.14. The lowest BCUT2D eigenvalue weighted by Gasteiger charge is -2.26. The van der Waals surface area contributed by atoms with Gasteiger partial charge in [0, 0.05) is 28.4 Å². The molecule has 0 spiro atoms. The maximum atomic E-state index is 3.65. The zero-order chi connectivity index (χ0) is 12.8. The van der Waals surface area contributed by atoms with Crippen LogP contribution in [0.4, 0.5) is 0 Å². The molecule has 0 aliphatic carbocycles. The van der Waals surface area contributed by atoms with E-state index < -0.39 is 0 Å². The van der Waals surface area contributed by atoms with E-state index in [9.17, 15) is 0 Å². The van der Waals surface area contributed by atoms with Crippen LogP contribution in [0.2, 0.25) is 0 Å². The fourth-order valence-electron chi connectivity index (χ4n) is 2.62. The topological polar surface area (TPSA) is 24.1 Å². The summed E-state index contributed by atoms with van der Waals surface area (Å²) in [6, 6.07) is 5.86. The molecule has 2 nitrogen and oxygen atoms in total. The Bertz CT molecular complexity index is 342. The number of thiophene rings is 1. The molecule has 1 saturated heterocycles. The van der Waals surface area contributed by atoms with E-state index in [2.05, 4.69) is 36.6 Å². The monoisotopic (exact) mass is 266 g/mol. The highest BCUT2D eigenvalue weighted by Gasteiger charge is 2.15. The summed E-state index contributed by atoms with van der Waals surface area (Å²) in [6.45, 7) is 6.77. The van der Waals surface area contributed by atoms with Crippen molar-refractivity contribution < 1.29 is 0 Å². The molecule has 0 bridgehead atoms. The van der Waals surface area contributed by atoms with Crippen molar-refractivity contribution >= 4 is 11.3 Å². The van der Waals surface area contributed by atoms with Gasteiger partial charge in [0.05, 0.1) is 0 Å². The number of piperidine rings is 1. The lowest BCUT2D eigenvalue weighted by Crippen LogP contribution is -2.39. The van der Waals surface area contributed by atoms with Gasteiger partial charge >= 0.3 is 0 Å². The molecule has 2 heterocycles. The van der Waals surface area contributed by atoms with Crippen molar-refractivity contribution in [3.8, 4) is 0 Å². The zero-order valence-corrected chi connectivity index (χ0v) is 12.5. The molecule has 1 aliphatic heterocycles. The molecule has 3 heteroatoms. The van der Waals surface area contributed by atoms with Crippen LogP contribution in [-0.4, -0.2) is 18.6 Å². The zero-order valence-electron chi connectivity index (χ0n) is 11.7. The lowest BCUT2D eigenvalue weighted by atomic mass is 9.99. The molecule has 1 aliphatic rings. The number of rotatable bonds is 6. The number of hydrogen-bond donors (Lipinski definition) is 2. The fraction of sp³-hybridized carbons (Fsp3) is 0.733. The van der Waals surface area contributed by atoms with Gasteiger partial charge in [-0.25, -0.2) is 0 Å². The highest BCUT2D eigenvalue weighted by molar-refractivity contribution is 7.11. The van der Waals surface area contributed by atoms with E-state index in [1.165, 1.54) is 42.0 Å². The Kier molecular flexibility index (Phi) is 5.67. The summed E-state index contributed by atoms with van der Waals surface area (Å²) in [4.78, 5) is 2.96. The quantitative estimate of drug-likeness (QED) is 0.825. The predicted octanol–water partition coefficient (Wildman–Crippen LogP) is 3.32. The molecule has 2 rings (SSSR count). The molecule has 18 heavy (non-hydrogen) atoms. The van der Waals surface area contributed by atoms with E-state index in [4.69, 9.17) is 0 Å².